The Morgan fingerprint density at radius 2 is 2.14 bits per heavy atom. The lowest BCUT2D eigenvalue weighted by molar-refractivity contribution is -0.387. The Balaban J connectivity index is 2.35. The molecule has 2 rings (SSSR count). The van der Waals surface area contributed by atoms with Crippen molar-refractivity contribution in [3.05, 3.63) is 56.0 Å². The maximum absolute atomic E-state index is 13.4. The molecule has 0 saturated heterocycles. The SMILES string of the molecule is Cc1cc(F)c([N+](=O)[O-])cc1S(=O)(=O)NCc1cccs1. The summed E-state index contributed by atoms with van der Waals surface area (Å²) >= 11 is 1.38. The summed E-state index contributed by atoms with van der Waals surface area (Å²) in [4.78, 5) is 10.3. The van der Waals surface area contributed by atoms with Crippen LogP contribution < -0.4 is 4.72 Å². The minimum absolute atomic E-state index is 0.0740. The highest BCUT2D eigenvalue weighted by Gasteiger charge is 2.24. The standard InChI is InChI=1S/C12H11FN2O4S2/c1-8-5-10(13)11(15(16)17)6-12(8)21(18,19)14-7-9-3-2-4-20-9/h2-6,14H,7H2,1H3. The fourth-order valence-corrected chi connectivity index (χ4v) is 3.72. The maximum Gasteiger partial charge on any atom is 0.306 e. The Morgan fingerprint density at radius 3 is 2.71 bits per heavy atom. The number of rotatable bonds is 5. The largest absolute Gasteiger partial charge is 0.306 e. The average molecular weight is 330 g/mol. The number of nitro benzene ring substituents is 1. The van der Waals surface area contributed by atoms with Crippen molar-refractivity contribution in [2.45, 2.75) is 18.4 Å². The second-order valence-corrected chi connectivity index (χ2v) is 7.00. The molecule has 1 aromatic heterocycles. The molecule has 1 N–H and O–H groups in total. The van der Waals surface area contributed by atoms with E-state index in [1.54, 1.807) is 17.5 Å². The first-order valence-electron chi connectivity index (χ1n) is 5.78. The highest BCUT2D eigenvalue weighted by atomic mass is 32.2. The zero-order valence-electron chi connectivity index (χ0n) is 10.9. The van der Waals surface area contributed by atoms with Gasteiger partial charge in [-0.3, -0.25) is 10.1 Å². The lowest BCUT2D eigenvalue weighted by atomic mass is 10.2. The first-order valence-corrected chi connectivity index (χ1v) is 8.14. The van der Waals surface area contributed by atoms with Crippen LogP contribution in [0, 0.1) is 22.9 Å². The number of nitrogens with zero attached hydrogens (tertiary/aromatic N) is 1. The number of aryl methyl sites for hydroxylation is 1. The number of hydrogen-bond acceptors (Lipinski definition) is 5. The van der Waals surface area contributed by atoms with Crippen molar-refractivity contribution in [1.82, 2.24) is 4.72 Å². The molecule has 0 atom stereocenters. The van der Waals surface area contributed by atoms with Gasteiger partial charge in [-0.15, -0.1) is 11.3 Å². The lowest BCUT2D eigenvalue weighted by Crippen LogP contribution is -2.23. The van der Waals surface area contributed by atoms with Gasteiger partial charge >= 0.3 is 5.69 Å². The molecule has 0 amide bonds. The third-order valence-electron chi connectivity index (χ3n) is 2.75. The fourth-order valence-electron chi connectivity index (χ4n) is 1.73. The molecule has 2 aromatic rings. The monoisotopic (exact) mass is 330 g/mol. The molecule has 0 aliphatic carbocycles. The van der Waals surface area contributed by atoms with Crippen LogP contribution >= 0.6 is 11.3 Å². The van der Waals surface area contributed by atoms with Gasteiger partial charge in [0.2, 0.25) is 15.8 Å². The third-order valence-corrected chi connectivity index (χ3v) is 5.17. The summed E-state index contributed by atoms with van der Waals surface area (Å²) in [5, 5.41) is 12.5. The Hall–Kier alpha value is -1.84. The van der Waals surface area contributed by atoms with E-state index in [0.29, 0.717) is 0 Å². The van der Waals surface area contributed by atoms with E-state index in [4.69, 9.17) is 0 Å². The summed E-state index contributed by atoms with van der Waals surface area (Å²) in [5.74, 6) is -1.06. The normalized spacial score (nSPS) is 11.5. The van der Waals surface area contributed by atoms with Gasteiger partial charge in [-0.05, 0) is 30.0 Å². The van der Waals surface area contributed by atoms with Crippen molar-refractivity contribution in [2.24, 2.45) is 0 Å². The van der Waals surface area contributed by atoms with E-state index in [9.17, 15) is 22.9 Å². The van der Waals surface area contributed by atoms with E-state index < -0.39 is 26.5 Å². The summed E-state index contributed by atoms with van der Waals surface area (Å²) in [6.45, 7) is 1.46. The molecule has 0 spiro atoms. The smallest absolute Gasteiger partial charge is 0.258 e. The van der Waals surface area contributed by atoms with Crippen molar-refractivity contribution in [3.8, 4) is 0 Å². The minimum Gasteiger partial charge on any atom is -0.258 e. The average Bonchev–Trinajstić information content (AvgIpc) is 2.88. The lowest BCUT2D eigenvalue weighted by Gasteiger charge is -2.09. The molecule has 0 saturated carbocycles. The molecule has 1 aromatic carbocycles. The van der Waals surface area contributed by atoms with Gasteiger partial charge in [0.05, 0.1) is 9.82 Å². The Kier molecular flexibility index (Phi) is 4.35. The molecule has 21 heavy (non-hydrogen) atoms. The first-order chi connectivity index (χ1) is 9.81. The summed E-state index contributed by atoms with van der Waals surface area (Å²) in [6.07, 6.45) is 0. The van der Waals surface area contributed by atoms with Crippen molar-refractivity contribution in [1.29, 1.82) is 0 Å². The third kappa shape index (κ3) is 3.43. The quantitative estimate of drug-likeness (QED) is 0.674. The zero-order valence-corrected chi connectivity index (χ0v) is 12.5. The Morgan fingerprint density at radius 1 is 1.43 bits per heavy atom. The van der Waals surface area contributed by atoms with Gasteiger partial charge in [-0.2, -0.15) is 4.39 Å². The highest BCUT2D eigenvalue weighted by molar-refractivity contribution is 7.89. The van der Waals surface area contributed by atoms with Crippen LogP contribution in [-0.2, 0) is 16.6 Å². The van der Waals surface area contributed by atoms with Crippen molar-refractivity contribution in [3.63, 3.8) is 0 Å². The summed E-state index contributed by atoms with van der Waals surface area (Å²) in [5.41, 5.74) is -0.756. The predicted molar refractivity (Wildman–Crippen MR) is 76.1 cm³/mol. The molecule has 9 heteroatoms. The number of halogens is 1. The zero-order chi connectivity index (χ0) is 15.6. The van der Waals surface area contributed by atoms with Crippen LogP contribution in [0.25, 0.3) is 0 Å². The molecule has 112 valence electrons. The van der Waals surface area contributed by atoms with Gasteiger partial charge in [-0.25, -0.2) is 13.1 Å². The van der Waals surface area contributed by atoms with E-state index in [-0.39, 0.29) is 17.0 Å². The maximum atomic E-state index is 13.4. The van der Waals surface area contributed by atoms with Crippen molar-refractivity contribution in [2.75, 3.05) is 0 Å². The summed E-state index contributed by atoms with van der Waals surface area (Å²) < 4.78 is 40.1. The molecule has 0 aliphatic rings. The second-order valence-electron chi connectivity index (χ2n) is 4.23. The molecular formula is C12H11FN2O4S2. The number of benzene rings is 1. The van der Waals surface area contributed by atoms with E-state index in [2.05, 4.69) is 4.72 Å². The predicted octanol–water partition coefficient (Wildman–Crippen LogP) is 2.58. The summed E-state index contributed by atoms with van der Waals surface area (Å²) in [6, 6.07) is 5.12. The minimum atomic E-state index is -3.95. The topological polar surface area (TPSA) is 89.3 Å². The summed E-state index contributed by atoms with van der Waals surface area (Å²) in [7, 11) is -3.95. The highest BCUT2D eigenvalue weighted by Crippen LogP contribution is 2.25. The van der Waals surface area contributed by atoms with Crippen LogP contribution in [0.3, 0.4) is 0 Å². The van der Waals surface area contributed by atoms with Gasteiger partial charge in [0, 0.05) is 17.5 Å². The molecule has 0 bridgehead atoms. The van der Waals surface area contributed by atoms with Crippen LogP contribution in [0.2, 0.25) is 0 Å². The second kappa shape index (κ2) is 5.88. The molecule has 0 unspecified atom stereocenters. The number of nitro groups is 1. The van der Waals surface area contributed by atoms with Crippen LogP contribution in [0.1, 0.15) is 10.4 Å². The van der Waals surface area contributed by atoms with Crippen LogP contribution in [0.15, 0.2) is 34.5 Å². The van der Waals surface area contributed by atoms with Crippen LogP contribution in [-0.4, -0.2) is 13.3 Å². The molecule has 0 aliphatic heterocycles. The van der Waals surface area contributed by atoms with Crippen LogP contribution in [0.4, 0.5) is 10.1 Å². The van der Waals surface area contributed by atoms with E-state index in [0.717, 1.165) is 17.0 Å². The molecule has 1 heterocycles. The number of sulfonamides is 1. The molecular weight excluding hydrogens is 319 g/mol. The van der Waals surface area contributed by atoms with E-state index in [1.807, 2.05) is 0 Å². The fraction of sp³-hybridized carbons (Fsp3) is 0.167. The molecule has 6 nitrogen and oxygen atoms in total. The number of hydrogen-bond donors (Lipinski definition) is 1. The van der Waals surface area contributed by atoms with Crippen molar-refractivity contribution < 1.29 is 17.7 Å². The molecule has 0 fully saturated rings. The van der Waals surface area contributed by atoms with Gasteiger partial charge in [0.15, 0.2) is 0 Å². The van der Waals surface area contributed by atoms with Gasteiger partial charge in [0.25, 0.3) is 0 Å². The van der Waals surface area contributed by atoms with Crippen LogP contribution in [0.5, 0.6) is 0 Å². The molecule has 0 radical (unpaired) electrons. The first kappa shape index (κ1) is 15.5. The van der Waals surface area contributed by atoms with Gasteiger partial charge in [-0.1, -0.05) is 6.07 Å². The Bertz CT molecular complexity index is 773. The van der Waals surface area contributed by atoms with Gasteiger partial charge in [0.1, 0.15) is 0 Å². The number of thiophene rings is 1. The van der Waals surface area contributed by atoms with E-state index in [1.165, 1.54) is 18.3 Å². The Labute approximate surface area is 124 Å². The van der Waals surface area contributed by atoms with Crippen molar-refractivity contribution >= 4 is 27.0 Å². The van der Waals surface area contributed by atoms with Gasteiger partial charge < -0.3 is 0 Å². The van der Waals surface area contributed by atoms with E-state index >= 15 is 0 Å². The number of nitrogens with one attached hydrogen (secondary N) is 1.